The number of imidazole rings is 1. The van der Waals surface area contributed by atoms with Crippen molar-refractivity contribution < 1.29 is 9.59 Å². The second-order valence-corrected chi connectivity index (χ2v) is 8.56. The molecule has 0 saturated carbocycles. The number of piperidine rings is 1. The zero-order valence-corrected chi connectivity index (χ0v) is 15.7. The number of nitrogens with zero attached hydrogens (tertiary/aromatic N) is 3. The topological polar surface area (TPSA) is 67.2 Å². The van der Waals surface area contributed by atoms with Gasteiger partial charge in [-0.15, -0.1) is 0 Å². The van der Waals surface area contributed by atoms with E-state index in [0.717, 1.165) is 44.5 Å². The standard InChI is InChI=1S/C19H30N4O2/c1-19(2,3)12-20-17(24)16-15-8-7-14(11-23(15)13-21-16)18(25)22-9-5-4-6-10-22/h13-14H,4-12H2,1-3H3,(H,20,24). The minimum absolute atomic E-state index is 0.0188. The van der Waals surface area contributed by atoms with Gasteiger partial charge in [0.2, 0.25) is 5.91 Å². The highest BCUT2D eigenvalue weighted by Gasteiger charge is 2.31. The second-order valence-electron chi connectivity index (χ2n) is 8.56. The van der Waals surface area contributed by atoms with Gasteiger partial charge in [-0.1, -0.05) is 20.8 Å². The largest absolute Gasteiger partial charge is 0.350 e. The van der Waals surface area contributed by atoms with Gasteiger partial charge in [0.1, 0.15) is 5.69 Å². The lowest BCUT2D eigenvalue weighted by molar-refractivity contribution is -0.137. The number of amides is 2. The van der Waals surface area contributed by atoms with Crippen molar-refractivity contribution in [2.45, 2.75) is 59.4 Å². The van der Waals surface area contributed by atoms with Crippen LogP contribution in [-0.4, -0.2) is 45.9 Å². The smallest absolute Gasteiger partial charge is 0.271 e. The fourth-order valence-corrected chi connectivity index (χ4v) is 3.66. The number of rotatable bonds is 3. The van der Waals surface area contributed by atoms with E-state index in [9.17, 15) is 9.59 Å². The zero-order valence-electron chi connectivity index (χ0n) is 15.7. The van der Waals surface area contributed by atoms with Crippen molar-refractivity contribution in [3.63, 3.8) is 0 Å². The Morgan fingerprint density at radius 1 is 1.24 bits per heavy atom. The summed E-state index contributed by atoms with van der Waals surface area (Å²) in [6, 6.07) is 0. The molecule has 6 heteroatoms. The van der Waals surface area contributed by atoms with Crippen LogP contribution in [0.5, 0.6) is 0 Å². The molecule has 1 aromatic heterocycles. The Morgan fingerprint density at radius 3 is 2.64 bits per heavy atom. The Bertz CT molecular complexity index is 638. The van der Waals surface area contributed by atoms with Crippen molar-refractivity contribution in [2.24, 2.45) is 11.3 Å². The molecule has 1 unspecified atom stereocenters. The lowest BCUT2D eigenvalue weighted by Gasteiger charge is -2.32. The summed E-state index contributed by atoms with van der Waals surface area (Å²) in [7, 11) is 0. The molecule has 1 aromatic rings. The highest BCUT2D eigenvalue weighted by molar-refractivity contribution is 5.93. The molecular formula is C19H30N4O2. The van der Waals surface area contributed by atoms with Gasteiger partial charge in [-0.3, -0.25) is 9.59 Å². The van der Waals surface area contributed by atoms with Crippen LogP contribution in [0.3, 0.4) is 0 Å². The number of aromatic nitrogens is 2. The van der Waals surface area contributed by atoms with Crippen LogP contribution in [0.15, 0.2) is 6.33 Å². The van der Waals surface area contributed by atoms with Crippen molar-refractivity contribution in [1.29, 1.82) is 0 Å². The maximum atomic E-state index is 12.7. The van der Waals surface area contributed by atoms with Crippen molar-refractivity contribution in [3.05, 3.63) is 17.7 Å². The third-order valence-corrected chi connectivity index (χ3v) is 5.10. The second kappa shape index (κ2) is 7.18. The van der Waals surface area contributed by atoms with Crippen molar-refractivity contribution in [1.82, 2.24) is 19.8 Å². The van der Waals surface area contributed by atoms with E-state index in [-0.39, 0.29) is 23.1 Å². The van der Waals surface area contributed by atoms with Crippen LogP contribution < -0.4 is 5.32 Å². The Balaban J connectivity index is 1.64. The summed E-state index contributed by atoms with van der Waals surface area (Å²) in [5.74, 6) is 0.188. The van der Waals surface area contributed by atoms with Crippen LogP contribution in [-0.2, 0) is 17.8 Å². The predicted octanol–water partition coefficient (Wildman–Crippen LogP) is 2.23. The molecule has 2 aliphatic heterocycles. The number of likely N-dealkylation sites (tertiary alicyclic amines) is 1. The summed E-state index contributed by atoms with van der Waals surface area (Å²) in [5, 5.41) is 2.97. The van der Waals surface area contributed by atoms with Gasteiger partial charge < -0.3 is 14.8 Å². The molecule has 0 radical (unpaired) electrons. The van der Waals surface area contributed by atoms with E-state index >= 15 is 0 Å². The number of carbonyl (C=O) groups excluding carboxylic acids is 2. The Kier molecular flexibility index (Phi) is 5.16. The van der Waals surface area contributed by atoms with E-state index < -0.39 is 0 Å². The number of fused-ring (bicyclic) bond motifs is 1. The number of carbonyl (C=O) groups is 2. The minimum Gasteiger partial charge on any atom is -0.350 e. The SMILES string of the molecule is CC(C)(C)CNC(=O)c1ncn2c1CCC(C(=O)N1CCCCC1)C2. The van der Waals surface area contributed by atoms with E-state index in [4.69, 9.17) is 0 Å². The van der Waals surface area contributed by atoms with E-state index in [1.807, 2.05) is 9.47 Å². The maximum Gasteiger partial charge on any atom is 0.271 e. The van der Waals surface area contributed by atoms with E-state index in [1.165, 1.54) is 6.42 Å². The molecule has 138 valence electrons. The van der Waals surface area contributed by atoms with Crippen molar-refractivity contribution in [2.75, 3.05) is 19.6 Å². The molecule has 0 spiro atoms. The average molecular weight is 346 g/mol. The third-order valence-electron chi connectivity index (χ3n) is 5.10. The van der Waals surface area contributed by atoms with Gasteiger partial charge in [-0.2, -0.15) is 0 Å². The molecule has 0 aliphatic carbocycles. The fraction of sp³-hybridized carbons (Fsp3) is 0.737. The molecule has 6 nitrogen and oxygen atoms in total. The lowest BCUT2D eigenvalue weighted by Crippen LogP contribution is -2.42. The van der Waals surface area contributed by atoms with Gasteiger partial charge in [-0.05, 0) is 37.5 Å². The Hall–Kier alpha value is -1.85. The number of nitrogens with one attached hydrogen (secondary N) is 1. The molecule has 0 bridgehead atoms. The average Bonchev–Trinajstić information content (AvgIpc) is 3.02. The predicted molar refractivity (Wildman–Crippen MR) is 96.3 cm³/mol. The molecule has 3 heterocycles. The van der Waals surface area contributed by atoms with E-state index in [1.54, 1.807) is 6.33 Å². The first kappa shape index (κ1) is 18.0. The Morgan fingerprint density at radius 2 is 1.96 bits per heavy atom. The lowest BCUT2D eigenvalue weighted by atomic mass is 9.94. The monoisotopic (exact) mass is 346 g/mol. The molecule has 0 aromatic carbocycles. The Labute approximate surface area is 150 Å². The minimum atomic E-state index is -0.107. The van der Waals surface area contributed by atoms with Gasteiger partial charge in [0.15, 0.2) is 0 Å². The summed E-state index contributed by atoms with van der Waals surface area (Å²) in [6.07, 6.45) is 6.73. The number of hydrogen-bond donors (Lipinski definition) is 1. The molecule has 2 amide bonds. The molecule has 1 N–H and O–H groups in total. The first-order chi connectivity index (χ1) is 11.8. The van der Waals surface area contributed by atoms with Crippen LogP contribution in [0, 0.1) is 11.3 Å². The van der Waals surface area contributed by atoms with E-state index in [2.05, 4.69) is 31.1 Å². The normalized spacial score (nSPS) is 20.9. The van der Waals surface area contributed by atoms with Crippen LogP contribution in [0.2, 0.25) is 0 Å². The van der Waals surface area contributed by atoms with Crippen LogP contribution in [0.4, 0.5) is 0 Å². The third kappa shape index (κ3) is 4.22. The number of hydrogen-bond acceptors (Lipinski definition) is 3. The van der Waals surface area contributed by atoms with Gasteiger partial charge in [0.05, 0.1) is 17.9 Å². The summed E-state index contributed by atoms with van der Waals surface area (Å²) in [5.41, 5.74) is 1.53. The van der Waals surface area contributed by atoms with Crippen LogP contribution in [0.1, 0.15) is 62.6 Å². The van der Waals surface area contributed by atoms with Gasteiger partial charge in [0, 0.05) is 26.2 Å². The quantitative estimate of drug-likeness (QED) is 0.913. The zero-order chi connectivity index (χ0) is 18.0. The first-order valence-corrected chi connectivity index (χ1v) is 9.46. The summed E-state index contributed by atoms with van der Waals surface area (Å²) >= 11 is 0. The van der Waals surface area contributed by atoms with Crippen molar-refractivity contribution in [3.8, 4) is 0 Å². The van der Waals surface area contributed by atoms with Gasteiger partial charge in [-0.25, -0.2) is 4.98 Å². The summed E-state index contributed by atoms with van der Waals surface area (Å²) in [6.45, 7) is 9.32. The molecule has 2 aliphatic rings. The van der Waals surface area contributed by atoms with Crippen LogP contribution >= 0.6 is 0 Å². The molecule has 25 heavy (non-hydrogen) atoms. The summed E-state index contributed by atoms with van der Waals surface area (Å²) < 4.78 is 2.00. The summed E-state index contributed by atoms with van der Waals surface area (Å²) in [4.78, 5) is 31.5. The maximum absolute atomic E-state index is 12.7. The van der Waals surface area contributed by atoms with Gasteiger partial charge in [0.25, 0.3) is 5.91 Å². The van der Waals surface area contributed by atoms with E-state index in [0.29, 0.717) is 18.8 Å². The van der Waals surface area contributed by atoms with Crippen molar-refractivity contribution >= 4 is 11.8 Å². The first-order valence-electron chi connectivity index (χ1n) is 9.46. The molecule has 1 saturated heterocycles. The van der Waals surface area contributed by atoms with Gasteiger partial charge >= 0.3 is 0 Å². The molecule has 3 rings (SSSR count). The molecular weight excluding hydrogens is 316 g/mol. The molecule has 1 fully saturated rings. The fourth-order valence-electron chi connectivity index (χ4n) is 3.66. The highest BCUT2D eigenvalue weighted by Crippen LogP contribution is 2.25. The highest BCUT2D eigenvalue weighted by atomic mass is 16.2. The molecule has 1 atom stereocenters. The van der Waals surface area contributed by atoms with Crippen LogP contribution in [0.25, 0.3) is 0 Å².